The molecule has 25 heavy (non-hydrogen) atoms. The molecule has 0 aromatic carbocycles. The van der Waals surface area contributed by atoms with Gasteiger partial charge in [0.1, 0.15) is 16.1 Å². The van der Waals surface area contributed by atoms with Gasteiger partial charge in [-0.25, -0.2) is 14.8 Å². The van der Waals surface area contributed by atoms with Crippen LogP contribution in [-0.2, 0) is 4.74 Å². The van der Waals surface area contributed by atoms with E-state index < -0.39 is 17.7 Å². The van der Waals surface area contributed by atoms with E-state index in [0.717, 1.165) is 10.6 Å². The van der Waals surface area contributed by atoms with Crippen LogP contribution in [0.25, 0.3) is 20.8 Å². The molecule has 3 N–H and O–H groups in total. The molecule has 0 saturated carbocycles. The van der Waals surface area contributed by atoms with Gasteiger partial charge < -0.3 is 20.0 Å². The zero-order chi connectivity index (χ0) is 18.2. The number of alkyl carbamates (subject to hydrolysis) is 1. The number of ether oxygens (including phenoxy) is 1. The standard InChI is InChI=1S/C16H19N5O3S/c1-8(19-15(23)24-16(2,3)4)13-20-9-5-11(10-6-17-7-18-10)25-12(9)14(22)21-13/h5-8H,1-4H3,(H,17,18)(H,19,23)(H,20,21,22)/t8-/m0/s1. The number of imidazole rings is 1. The Labute approximate surface area is 147 Å². The molecule has 0 aliphatic carbocycles. The first-order chi connectivity index (χ1) is 11.7. The number of aromatic nitrogens is 4. The van der Waals surface area contributed by atoms with Gasteiger partial charge in [0, 0.05) is 0 Å². The molecular formula is C16H19N5O3S. The summed E-state index contributed by atoms with van der Waals surface area (Å²) in [7, 11) is 0. The number of carbonyl (C=O) groups excluding carboxylic acids is 1. The predicted molar refractivity (Wildman–Crippen MR) is 95.6 cm³/mol. The molecule has 0 aliphatic heterocycles. The molecule has 3 heterocycles. The number of carbonyl (C=O) groups is 1. The number of amides is 1. The van der Waals surface area contributed by atoms with Crippen molar-refractivity contribution in [2.45, 2.75) is 39.3 Å². The van der Waals surface area contributed by atoms with Gasteiger partial charge in [0.25, 0.3) is 5.56 Å². The maximum absolute atomic E-state index is 12.3. The average Bonchev–Trinajstić information content (AvgIpc) is 3.13. The summed E-state index contributed by atoms with van der Waals surface area (Å²) in [5.74, 6) is 0.373. The molecule has 3 aromatic rings. The second kappa shape index (κ2) is 6.32. The SMILES string of the molecule is C[C@H](NC(=O)OC(C)(C)C)c1nc2cc(-c3cnc[nH]3)sc2c(=O)[nH]1. The summed E-state index contributed by atoms with van der Waals surface area (Å²) in [6.07, 6.45) is 2.70. The summed E-state index contributed by atoms with van der Waals surface area (Å²) in [6, 6.07) is 1.33. The largest absolute Gasteiger partial charge is 0.444 e. The van der Waals surface area contributed by atoms with Crippen molar-refractivity contribution >= 4 is 27.6 Å². The number of nitrogens with one attached hydrogen (secondary N) is 3. The molecule has 0 fully saturated rings. The zero-order valence-electron chi connectivity index (χ0n) is 14.3. The number of thiophene rings is 1. The fourth-order valence-electron chi connectivity index (χ4n) is 2.24. The van der Waals surface area contributed by atoms with Crippen molar-refractivity contribution in [2.75, 3.05) is 0 Å². The van der Waals surface area contributed by atoms with Crippen LogP contribution >= 0.6 is 11.3 Å². The average molecular weight is 361 g/mol. The molecule has 0 spiro atoms. The van der Waals surface area contributed by atoms with Crippen LogP contribution in [0, 0.1) is 0 Å². The Balaban J connectivity index is 1.87. The summed E-state index contributed by atoms with van der Waals surface area (Å²) in [5, 5.41) is 2.67. The third-order valence-corrected chi connectivity index (χ3v) is 4.46. The van der Waals surface area contributed by atoms with E-state index in [9.17, 15) is 9.59 Å². The molecule has 0 aliphatic rings. The fourth-order valence-corrected chi connectivity index (χ4v) is 3.20. The minimum absolute atomic E-state index is 0.242. The first kappa shape index (κ1) is 17.2. The molecule has 8 nitrogen and oxygen atoms in total. The van der Waals surface area contributed by atoms with Crippen molar-refractivity contribution in [1.29, 1.82) is 0 Å². The maximum Gasteiger partial charge on any atom is 0.408 e. The summed E-state index contributed by atoms with van der Waals surface area (Å²) < 4.78 is 5.75. The lowest BCUT2D eigenvalue weighted by atomic mass is 10.2. The molecule has 0 bridgehead atoms. The Bertz CT molecular complexity index is 952. The number of H-pyrrole nitrogens is 2. The number of rotatable bonds is 3. The summed E-state index contributed by atoms with van der Waals surface area (Å²) in [6.45, 7) is 7.08. The van der Waals surface area contributed by atoms with Gasteiger partial charge in [0.15, 0.2) is 0 Å². The van der Waals surface area contributed by atoms with Crippen LogP contribution in [0.2, 0.25) is 0 Å². The molecule has 1 amide bonds. The van der Waals surface area contributed by atoms with Gasteiger partial charge in [0.05, 0.1) is 34.7 Å². The topological polar surface area (TPSA) is 113 Å². The highest BCUT2D eigenvalue weighted by molar-refractivity contribution is 7.22. The van der Waals surface area contributed by atoms with E-state index in [1.165, 1.54) is 11.3 Å². The fraction of sp³-hybridized carbons (Fsp3) is 0.375. The van der Waals surface area contributed by atoms with E-state index in [1.54, 1.807) is 40.2 Å². The van der Waals surface area contributed by atoms with Gasteiger partial charge in [-0.3, -0.25) is 4.79 Å². The number of hydrogen-bond donors (Lipinski definition) is 3. The van der Waals surface area contributed by atoms with E-state index in [0.29, 0.717) is 16.0 Å². The number of fused-ring (bicyclic) bond motifs is 1. The molecule has 1 atom stereocenters. The number of nitrogens with zero attached hydrogens (tertiary/aromatic N) is 2. The lowest BCUT2D eigenvalue weighted by Gasteiger charge is -2.21. The minimum Gasteiger partial charge on any atom is -0.444 e. The third kappa shape index (κ3) is 3.87. The number of aromatic amines is 2. The Morgan fingerprint density at radius 3 is 2.80 bits per heavy atom. The maximum atomic E-state index is 12.3. The normalized spacial score (nSPS) is 13.0. The van der Waals surface area contributed by atoms with Crippen molar-refractivity contribution in [2.24, 2.45) is 0 Å². The molecular weight excluding hydrogens is 342 g/mol. The highest BCUT2D eigenvalue weighted by atomic mass is 32.1. The van der Waals surface area contributed by atoms with Crippen molar-refractivity contribution in [3.63, 3.8) is 0 Å². The Morgan fingerprint density at radius 1 is 1.40 bits per heavy atom. The zero-order valence-corrected chi connectivity index (χ0v) is 15.2. The van der Waals surface area contributed by atoms with Crippen LogP contribution in [0.5, 0.6) is 0 Å². The van der Waals surface area contributed by atoms with Gasteiger partial charge in [-0.15, -0.1) is 11.3 Å². The van der Waals surface area contributed by atoms with E-state index in [2.05, 4.69) is 25.3 Å². The van der Waals surface area contributed by atoms with Crippen LogP contribution in [0.1, 0.15) is 39.6 Å². The first-order valence-corrected chi connectivity index (χ1v) is 8.56. The monoisotopic (exact) mass is 361 g/mol. The highest BCUT2D eigenvalue weighted by Gasteiger charge is 2.20. The van der Waals surface area contributed by atoms with E-state index in [1.807, 2.05) is 6.07 Å². The molecule has 0 radical (unpaired) electrons. The molecule has 0 unspecified atom stereocenters. The number of hydrogen-bond acceptors (Lipinski definition) is 6. The quantitative estimate of drug-likeness (QED) is 0.664. The molecule has 0 saturated heterocycles. The van der Waals surface area contributed by atoms with E-state index >= 15 is 0 Å². The molecule has 9 heteroatoms. The van der Waals surface area contributed by atoms with Gasteiger partial charge >= 0.3 is 6.09 Å². The Hall–Kier alpha value is -2.68. The lowest BCUT2D eigenvalue weighted by molar-refractivity contribution is 0.0506. The summed E-state index contributed by atoms with van der Waals surface area (Å²) >= 11 is 1.33. The summed E-state index contributed by atoms with van der Waals surface area (Å²) in [4.78, 5) is 39.3. The Kier molecular flexibility index (Phi) is 4.34. The molecule has 3 aromatic heterocycles. The molecule has 132 valence electrons. The lowest BCUT2D eigenvalue weighted by Crippen LogP contribution is -2.35. The van der Waals surface area contributed by atoms with Crippen LogP contribution in [-0.4, -0.2) is 31.6 Å². The van der Waals surface area contributed by atoms with Crippen LogP contribution < -0.4 is 10.9 Å². The van der Waals surface area contributed by atoms with E-state index in [-0.39, 0.29) is 5.56 Å². The summed E-state index contributed by atoms with van der Waals surface area (Å²) in [5.41, 5.74) is 0.560. The predicted octanol–water partition coefficient (Wildman–Crippen LogP) is 2.96. The highest BCUT2D eigenvalue weighted by Crippen LogP contribution is 2.29. The molecule has 3 rings (SSSR count). The van der Waals surface area contributed by atoms with Gasteiger partial charge in [0.2, 0.25) is 0 Å². The van der Waals surface area contributed by atoms with Gasteiger partial charge in [-0.2, -0.15) is 0 Å². The van der Waals surface area contributed by atoms with Gasteiger partial charge in [-0.1, -0.05) is 0 Å². The van der Waals surface area contributed by atoms with Gasteiger partial charge in [-0.05, 0) is 33.8 Å². The Morgan fingerprint density at radius 2 is 2.16 bits per heavy atom. The van der Waals surface area contributed by atoms with Crippen molar-refractivity contribution in [1.82, 2.24) is 25.3 Å². The van der Waals surface area contributed by atoms with Crippen LogP contribution in [0.4, 0.5) is 4.79 Å². The van der Waals surface area contributed by atoms with Crippen molar-refractivity contribution < 1.29 is 9.53 Å². The minimum atomic E-state index is -0.596. The second-order valence-corrected chi connectivity index (χ2v) is 7.66. The van der Waals surface area contributed by atoms with Crippen LogP contribution in [0.3, 0.4) is 0 Å². The third-order valence-electron chi connectivity index (χ3n) is 3.31. The van der Waals surface area contributed by atoms with E-state index in [4.69, 9.17) is 4.74 Å². The van der Waals surface area contributed by atoms with Crippen molar-refractivity contribution in [3.8, 4) is 10.6 Å². The first-order valence-electron chi connectivity index (χ1n) is 7.75. The smallest absolute Gasteiger partial charge is 0.408 e. The second-order valence-electron chi connectivity index (χ2n) is 6.61. The van der Waals surface area contributed by atoms with Crippen molar-refractivity contribution in [3.05, 3.63) is 34.8 Å². The van der Waals surface area contributed by atoms with Crippen LogP contribution in [0.15, 0.2) is 23.4 Å².